The van der Waals surface area contributed by atoms with Crippen LogP contribution in [0.25, 0.3) is 0 Å². The lowest BCUT2D eigenvalue weighted by atomic mass is 10.4. The molecule has 0 aromatic rings. The summed E-state index contributed by atoms with van der Waals surface area (Å²) in [6.45, 7) is 3.46. The number of hydrogen-bond donors (Lipinski definition) is 4. The Kier molecular flexibility index (Phi) is 11.2. The Morgan fingerprint density at radius 1 is 1.50 bits per heavy atom. The second-order valence-electron chi connectivity index (χ2n) is 4.34. The van der Waals surface area contributed by atoms with Crippen LogP contribution in [0.4, 0.5) is 0 Å². The number of thioether (sulfide) groups is 1. The Morgan fingerprint density at radius 2 is 2.20 bits per heavy atom. The highest BCUT2D eigenvalue weighted by Gasteiger charge is 1.99. The Labute approximate surface area is 130 Å². The first-order valence-electron chi connectivity index (χ1n) is 6.09. The van der Waals surface area contributed by atoms with E-state index < -0.39 is 0 Å². The third kappa shape index (κ3) is 10.9. The summed E-state index contributed by atoms with van der Waals surface area (Å²) in [4.78, 5) is 6.59. The molecule has 0 aliphatic rings. The predicted octanol–water partition coefficient (Wildman–Crippen LogP) is 1.54. The first-order valence-corrected chi connectivity index (χ1v) is 7.76. The van der Waals surface area contributed by atoms with E-state index in [4.69, 9.17) is 10.6 Å². The minimum absolute atomic E-state index is 0.0953. The Morgan fingerprint density at radius 3 is 2.75 bits per heavy atom. The maximum Gasteiger partial charge on any atom is 0.140 e. The first kappa shape index (κ1) is 19.0. The molecule has 0 rings (SSSR count). The molecule has 0 atom stereocenters. The molecule has 0 aromatic heterocycles. The summed E-state index contributed by atoms with van der Waals surface area (Å²) in [5, 5.41) is 22.9. The fraction of sp³-hybridized carbons (Fsp3) is 0.583. The highest BCUT2D eigenvalue weighted by atomic mass is 32.2. The fourth-order valence-electron chi connectivity index (χ4n) is 1.37. The van der Waals surface area contributed by atoms with E-state index in [-0.39, 0.29) is 5.84 Å². The number of aliphatic imine (C=N–C) groups is 1. The molecule has 0 unspecified atom stereocenters. The number of thiol groups is 1. The minimum Gasteiger partial charge on any atom is -0.411 e. The maximum atomic E-state index is 8.24. The van der Waals surface area contributed by atoms with Crippen LogP contribution in [0.3, 0.4) is 0 Å². The Hall–Kier alpha value is -0.990. The normalized spacial score (nSPS) is 13.2. The van der Waals surface area contributed by atoms with Gasteiger partial charge >= 0.3 is 0 Å². The van der Waals surface area contributed by atoms with Gasteiger partial charge < -0.3 is 15.4 Å². The summed E-state index contributed by atoms with van der Waals surface area (Å²) < 4.78 is 0. The van der Waals surface area contributed by atoms with E-state index in [9.17, 15) is 0 Å². The van der Waals surface area contributed by atoms with E-state index in [1.807, 2.05) is 21.0 Å². The highest BCUT2D eigenvalue weighted by molar-refractivity contribution is 7.99. The Bertz CT molecular complexity index is 380. The van der Waals surface area contributed by atoms with Gasteiger partial charge in [0.1, 0.15) is 12.1 Å². The summed E-state index contributed by atoms with van der Waals surface area (Å²) in [5.41, 5.74) is 1.99. The average molecular weight is 317 g/mol. The molecule has 3 N–H and O–H groups in total. The quantitative estimate of drug-likeness (QED) is 0.130. The summed E-state index contributed by atoms with van der Waals surface area (Å²) in [6.07, 6.45) is 1.05. The van der Waals surface area contributed by atoms with Crippen molar-refractivity contribution in [2.24, 2.45) is 10.1 Å². The lowest BCUT2D eigenvalue weighted by Gasteiger charge is -2.10. The number of hydrogen-bond acceptors (Lipinski definition) is 7. The van der Waals surface area contributed by atoms with Gasteiger partial charge in [-0.05, 0) is 26.4 Å². The van der Waals surface area contributed by atoms with Crippen molar-refractivity contribution < 1.29 is 5.21 Å². The van der Waals surface area contributed by atoms with E-state index in [1.165, 1.54) is 0 Å². The third-order valence-corrected chi connectivity index (χ3v) is 3.32. The lowest BCUT2D eigenvalue weighted by molar-refractivity contribution is 0.322. The van der Waals surface area contributed by atoms with Crippen LogP contribution in [0.1, 0.15) is 6.92 Å². The van der Waals surface area contributed by atoms with Gasteiger partial charge in [0.25, 0.3) is 0 Å². The molecule has 0 spiro atoms. The van der Waals surface area contributed by atoms with Gasteiger partial charge in [-0.25, -0.2) is 0 Å². The highest BCUT2D eigenvalue weighted by Crippen LogP contribution is 2.10. The van der Waals surface area contributed by atoms with Crippen LogP contribution in [0.2, 0.25) is 0 Å². The van der Waals surface area contributed by atoms with Crippen molar-refractivity contribution in [2.45, 2.75) is 6.92 Å². The smallest absolute Gasteiger partial charge is 0.140 e. The lowest BCUT2D eigenvalue weighted by Crippen LogP contribution is -2.26. The van der Waals surface area contributed by atoms with Crippen LogP contribution in [-0.2, 0) is 0 Å². The maximum absolute atomic E-state index is 8.24. The molecule has 0 radical (unpaired) electrons. The number of amidine groups is 1. The zero-order valence-corrected chi connectivity index (χ0v) is 13.8. The molecular formula is C12H23N5OS2. The molecule has 6 nitrogen and oxygen atoms in total. The Balaban J connectivity index is 3.95. The van der Waals surface area contributed by atoms with E-state index in [2.05, 4.69) is 33.0 Å². The summed E-state index contributed by atoms with van der Waals surface area (Å²) in [5.74, 6) is 1.70. The third-order valence-electron chi connectivity index (χ3n) is 2.03. The van der Waals surface area contributed by atoms with E-state index in [1.54, 1.807) is 17.2 Å². The van der Waals surface area contributed by atoms with Crippen LogP contribution in [0.5, 0.6) is 0 Å². The van der Waals surface area contributed by atoms with Gasteiger partial charge in [-0.2, -0.15) is 11.8 Å². The van der Waals surface area contributed by atoms with Gasteiger partial charge in [0.15, 0.2) is 0 Å². The predicted molar refractivity (Wildman–Crippen MR) is 92.1 cm³/mol. The zero-order chi connectivity index (χ0) is 15.4. The number of nitrogens with zero attached hydrogens (tertiary/aromatic N) is 3. The summed E-state index contributed by atoms with van der Waals surface area (Å²) in [6, 6.07) is 0. The summed E-state index contributed by atoms with van der Waals surface area (Å²) >= 11 is 5.88. The van der Waals surface area contributed by atoms with Gasteiger partial charge in [-0.1, -0.05) is 5.16 Å². The van der Waals surface area contributed by atoms with Crippen LogP contribution < -0.4 is 5.32 Å². The number of rotatable bonds is 9. The van der Waals surface area contributed by atoms with Gasteiger partial charge in [0.05, 0.1) is 5.70 Å². The fourth-order valence-corrected chi connectivity index (χ4v) is 2.39. The molecule has 0 bridgehead atoms. The average Bonchev–Trinajstić information content (AvgIpc) is 2.36. The monoisotopic (exact) mass is 317 g/mol. The van der Waals surface area contributed by atoms with Crippen molar-refractivity contribution in [1.29, 1.82) is 5.41 Å². The second-order valence-corrected chi connectivity index (χ2v) is 5.71. The van der Waals surface area contributed by atoms with Crippen molar-refractivity contribution in [3.05, 3.63) is 11.1 Å². The van der Waals surface area contributed by atoms with Gasteiger partial charge in [-0.3, -0.25) is 10.4 Å². The zero-order valence-electron chi connectivity index (χ0n) is 12.1. The van der Waals surface area contributed by atoms with Crippen molar-refractivity contribution >= 4 is 42.2 Å². The topological polar surface area (TPSA) is 84.1 Å². The molecule has 0 aliphatic carbocycles. The standard InChI is InChI=1S/C12H23N5OS2/c1-10(7-17(2)3)16-11(8-19)9-20-5-4-14-12(13)6-15-18/h6,8,18-19H,4-5,7,9H2,1-3H3,(H2,13,14)/b11-8-,15-6?,16-10?. The van der Waals surface area contributed by atoms with E-state index in [0.29, 0.717) is 6.54 Å². The van der Waals surface area contributed by atoms with Crippen LogP contribution in [0, 0.1) is 5.41 Å². The van der Waals surface area contributed by atoms with Crippen molar-refractivity contribution in [3.8, 4) is 0 Å². The molecule has 114 valence electrons. The largest absolute Gasteiger partial charge is 0.411 e. The van der Waals surface area contributed by atoms with Gasteiger partial charge in [-0.15, -0.1) is 12.6 Å². The SMILES string of the molecule is CC(CN(C)C)=N/C(=C\S)CSCCNC(=N)C=NO. The van der Waals surface area contributed by atoms with E-state index >= 15 is 0 Å². The van der Waals surface area contributed by atoms with Crippen LogP contribution in [0.15, 0.2) is 21.3 Å². The molecule has 0 saturated carbocycles. The molecule has 0 heterocycles. The summed E-state index contributed by atoms with van der Waals surface area (Å²) in [7, 11) is 4.02. The van der Waals surface area contributed by atoms with Gasteiger partial charge in [0, 0.05) is 30.3 Å². The molecule has 0 saturated heterocycles. The molecule has 0 aromatic carbocycles. The van der Waals surface area contributed by atoms with Crippen molar-refractivity contribution in [3.63, 3.8) is 0 Å². The second kappa shape index (κ2) is 11.8. The van der Waals surface area contributed by atoms with Crippen molar-refractivity contribution in [2.75, 3.05) is 38.7 Å². The van der Waals surface area contributed by atoms with Crippen LogP contribution >= 0.6 is 24.4 Å². The minimum atomic E-state index is 0.0953. The number of oxime groups is 1. The first-order chi connectivity index (χ1) is 9.49. The van der Waals surface area contributed by atoms with E-state index in [0.717, 1.165) is 35.7 Å². The van der Waals surface area contributed by atoms with Crippen molar-refractivity contribution in [1.82, 2.24) is 10.2 Å². The molecule has 0 fully saturated rings. The number of nitrogens with one attached hydrogen (secondary N) is 2. The molecule has 0 amide bonds. The molecular weight excluding hydrogens is 294 g/mol. The molecule has 0 aliphatic heterocycles. The molecule has 20 heavy (non-hydrogen) atoms. The van der Waals surface area contributed by atoms with Gasteiger partial charge in [0.2, 0.25) is 0 Å². The molecule has 8 heteroatoms. The van der Waals surface area contributed by atoms with Crippen LogP contribution in [-0.4, -0.2) is 66.6 Å².